The lowest BCUT2D eigenvalue weighted by Crippen LogP contribution is -2.24. The van der Waals surface area contributed by atoms with E-state index in [-0.39, 0.29) is 18.3 Å². The van der Waals surface area contributed by atoms with Gasteiger partial charge in [0.05, 0.1) is 6.21 Å². The number of hydrogen-bond donors (Lipinski definition) is 1. The molecule has 0 aliphatic heterocycles. The molecular formula is C23H23FN2O3. The van der Waals surface area contributed by atoms with E-state index in [1.807, 2.05) is 24.3 Å². The molecule has 1 aromatic heterocycles. The van der Waals surface area contributed by atoms with Crippen LogP contribution in [0, 0.1) is 5.82 Å². The molecule has 150 valence electrons. The van der Waals surface area contributed by atoms with E-state index in [1.54, 1.807) is 24.3 Å². The average molecular weight is 394 g/mol. The molecule has 0 fully saturated rings. The molecule has 1 amide bonds. The van der Waals surface area contributed by atoms with Crippen molar-refractivity contribution in [1.82, 2.24) is 5.43 Å². The molecule has 0 spiro atoms. The maximum atomic E-state index is 13.0. The summed E-state index contributed by atoms with van der Waals surface area (Å²) in [6, 6.07) is 17.2. The minimum atomic E-state index is -0.377. The van der Waals surface area contributed by atoms with Crippen molar-refractivity contribution in [2.75, 3.05) is 6.61 Å². The minimum Gasteiger partial charge on any atom is -0.484 e. The summed E-state index contributed by atoms with van der Waals surface area (Å²) < 4.78 is 24.1. The Morgan fingerprint density at radius 1 is 1.14 bits per heavy atom. The second kappa shape index (κ2) is 9.68. The highest BCUT2D eigenvalue weighted by atomic mass is 19.1. The molecule has 3 aromatic rings. The van der Waals surface area contributed by atoms with Crippen LogP contribution in [0.1, 0.15) is 37.5 Å². The van der Waals surface area contributed by atoms with Crippen LogP contribution in [0.15, 0.2) is 70.2 Å². The number of halogens is 1. The number of hydrogen-bond acceptors (Lipinski definition) is 4. The van der Waals surface area contributed by atoms with Crippen LogP contribution in [0.4, 0.5) is 4.39 Å². The zero-order valence-corrected chi connectivity index (χ0v) is 16.4. The van der Waals surface area contributed by atoms with E-state index in [2.05, 4.69) is 24.4 Å². The molecule has 0 aliphatic rings. The van der Waals surface area contributed by atoms with Crippen LogP contribution in [0.3, 0.4) is 0 Å². The summed E-state index contributed by atoms with van der Waals surface area (Å²) in [4.78, 5) is 11.9. The van der Waals surface area contributed by atoms with Crippen molar-refractivity contribution in [1.29, 1.82) is 0 Å². The van der Waals surface area contributed by atoms with Gasteiger partial charge in [-0.1, -0.05) is 26.0 Å². The number of nitrogens with zero attached hydrogens (tertiary/aromatic N) is 1. The Kier molecular flexibility index (Phi) is 6.79. The number of carbonyl (C=O) groups is 1. The summed E-state index contributed by atoms with van der Waals surface area (Å²) >= 11 is 0. The topological polar surface area (TPSA) is 63.8 Å². The van der Waals surface area contributed by atoms with Gasteiger partial charge in [0.25, 0.3) is 5.91 Å². The van der Waals surface area contributed by atoms with Gasteiger partial charge in [0, 0.05) is 5.56 Å². The van der Waals surface area contributed by atoms with E-state index >= 15 is 0 Å². The largest absolute Gasteiger partial charge is 0.484 e. The van der Waals surface area contributed by atoms with Crippen molar-refractivity contribution in [2.24, 2.45) is 5.10 Å². The molecule has 2 aromatic carbocycles. The predicted octanol–water partition coefficient (Wildman–Crippen LogP) is 5.13. The summed E-state index contributed by atoms with van der Waals surface area (Å²) in [6.45, 7) is 4.17. The van der Waals surface area contributed by atoms with Gasteiger partial charge in [-0.25, -0.2) is 9.82 Å². The first kappa shape index (κ1) is 20.3. The summed E-state index contributed by atoms with van der Waals surface area (Å²) in [5, 5.41) is 3.87. The van der Waals surface area contributed by atoms with Crippen molar-refractivity contribution in [2.45, 2.75) is 26.2 Å². The zero-order valence-electron chi connectivity index (χ0n) is 16.4. The number of benzene rings is 2. The second-order valence-electron chi connectivity index (χ2n) is 6.67. The first-order valence-corrected chi connectivity index (χ1v) is 9.45. The Bertz CT molecular complexity index is 963. The van der Waals surface area contributed by atoms with E-state index in [4.69, 9.17) is 9.15 Å². The molecule has 1 heterocycles. The summed E-state index contributed by atoms with van der Waals surface area (Å²) in [7, 11) is 0. The SMILES string of the molecule is CC[C@H](C)c1ccc(OCC(=O)N/N=C/c2ccc(-c3ccc(F)cc3)o2)cc1. The van der Waals surface area contributed by atoms with Crippen LogP contribution in [-0.4, -0.2) is 18.7 Å². The number of rotatable bonds is 8. The predicted molar refractivity (Wildman–Crippen MR) is 110 cm³/mol. The maximum Gasteiger partial charge on any atom is 0.277 e. The molecule has 5 nitrogen and oxygen atoms in total. The molecule has 0 aliphatic carbocycles. The molecule has 0 unspecified atom stereocenters. The molecular weight excluding hydrogens is 371 g/mol. The van der Waals surface area contributed by atoms with E-state index in [9.17, 15) is 9.18 Å². The molecule has 0 saturated heterocycles. The standard InChI is InChI=1S/C23H23FN2O3/c1-3-16(2)17-6-10-20(11-7-17)28-15-23(27)26-25-14-21-12-13-22(29-21)18-4-8-19(24)9-5-18/h4-14,16H,3,15H2,1-2H3,(H,26,27)/b25-14+/t16-/m0/s1. The van der Waals surface area contributed by atoms with Crippen LogP contribution in [0.25, 0.3) is 11.3 Å². The number of hydrazone groups is 1. The molecule has 0 radical (unpaired) electrons. The Morgan fingerprint density at radius 2 is 1.86 bits per heavy atom. The van der Waals surface area contributed by atoms with Crippen LogP contribution in [0.5, 0.6) is 5.75 Å². The molecule has 29 heavy (non-hydrogen) atoms. The van der Waals surface area contributed by atoms with Crippen molar-refractivity contribution in [3.63, 3.8) is 0 Å². The Labute approximate surface area is 169 Å². The van der Waals surface area contributed by atoms with E-state index in [0.717, 1.165) is 12.0 Å². The fraction of sp³-hybridized carbons (Fsp3) is 0.217. The van der Waals surface area contributed by atoms with Crippen LogP contribution in [-0.2, 0) is 4.79 Å². The normalized spacial score (nSPS) is 12.1. The fourth-order valence-electron chi connectivity index (χ4n) is 2.67. The second-order valence-corrected chi connectivity index (χ2v) is 6.67. The van der Waals surface area contributed by atoms with E-state index < -0.39 is 0 Å². The lowest BCUT2D eigenvalue weighted by atomic mass is 9.99. The van der Waals surface area contributed by atoms with Crippen LogP contribution >= 0.6 is 0 Å². The van der Waals surface area contributed by atoms with Gasteiger partial charge in [-0.05, 0) is 66.4 Å². The van der Waals surface area contributed by atoms with Gasteiger partial charge in [0.1, 0.15) is 23.1 Å². The maximum absolute atomic E-state index is 13.0. The number of ether oxygens (including phenoxy) is 1. The van der Waals surface area contributed by atoms with Crippen LogP contribution in [0.2, 0.25) is 0 Å². The van der Waals surface area contributed by atoms with Gasteiger partial charge in [-0.2, -0.15) is 5.10 Å². The number of nitrogens with one attached hydrogen (secondary N) is 1. The first-order chi connectivity index (χ1) is 14.0. The Hall–Kier alpha value is -3.41. The highest BCUT2D eigenvalue weighted by Crippen LogP contribution is 2.22. The van der Waals surface area contributed by atoms with Gasteiger partial charge < -0.3 is 9.15 Å². The molecule has 3 rings (SSSR count). The monoisotopic (exact) mass is 394 g/mol. The van der Waals surface area contributed by atoms with E-state index in [0.29, 0.717) is 23.2 Å². The molecule has 6 heteroatoms. The van der Waals surface area contributed by atoms with Gasteiger partial charge in [-0.15, -0.1) is 0 Å². The Morgan fingerprint density at radius 3 is 2.55 bits per heavy atom. The smallest absolute Gasteiger partial charge is 0.277 e. The fourth-order valence-corrected chi connectivity index (χ4v) is 2.67. The van der Waals surface area contributed by atoms with Crippen molar-refractivity contribution < 1.29 is 18.3 Å². The number of amides is 1. The van der Waals surface area contributed by atoms with Crippen molar-refractivity contribution in [3.8, 4) is 17.1 Å². The zero-order chi connectivity index (χ0) is 20.6. The quantitative estimate of drug-likeness (QED) is 0.426. The summed E-state index contributed by atoms with van der Waals surface area (Å²) in [6.07, 6.45) is 2.47. The van der Waals surface area contributed by atoms with Crippen LogP contribution < -0.4 is 10.2 Å². The molecule has 0 saturated carbocycles. The summed E-state index contributed by atoms with van der Waals surface area (Å²) in [5.74, 6) is 1.49. The average Bonchev–Trinajstić information content (AvgIpc) is 3.21. The molecule has 0 bridgehead atoms. The molecule has 1 atom stereocenters. The number of carbonyl (C=O) groups excluding carboxylic acids is 1. The number of furan rings is 1. The van der Waals surface area contributed by atoms with Gasteiger partial charge in [-0.3, -0.25) is 4.79 Å². The third kappa shape index (κ3) is 5.78. The molecule has 1 N–H and O–H groups in total. The van der Waals surface area contributed by atoms with Crippen molar-refractivity contribution >= 4 is 12.1 Å². The minimum absolute atomic E-state index is 0.140. The lowest BCUT2D eigenvalue weighted by molar-refractivity contribution is -0.123. The highest BCUT2D eigenvalue weighted by molar-refractivity contribution is 5.81. The highest BCUT2D eigenvalue weighted by Gasteiger charge is 2.06. The lowest BCUT2D eigenvalue weighted by Gasteiger charge is -2.10. The van der Waals surface area contributed by atoms with Gasteiger partial charge in [0.15, 0.2) is 6.61 Å². The van der Waals surface area contributed by atoms with Gasteiger partial charge >= 0.3 is 0 Å². The van der Waals surface area contributed by atoms with Crippen molar-refractivity contribution in [3.05, 3.63) is 77.8 Å². The van der Waals surface area contributed by atoms with E-state index in [1.165, 1.54) is 23.9 Å². The third-order valence-corrected chi connectivity index (χ3v) is 4.57. The Balaban J connectivity index is 1.47. The van der Waals surface area contributed by atoms with Gasteiger partial charge in [0.2, 0.25) is 0 Å². The summed E-state index contributed by atoms with van der Waals surface area (Å²) in [5.41, 5.74) is 4.39. The first-order valence-electron chi connectivity index (χ1n) is 9.45. The third-order valence-electron chi connectivity index (χ3n) is 4.57.